The predicted molar refractivity (Wildman–Crippen MR) is 95.9 cm³/mol. The van der Waals surface area contributed by atoms with E-state index in [-0.39, 0.29) is 17.4 Å². The SMILES string of the molecule is CN(C)S(=O)(=O)N1CCC[C@H](C(=O)NC23CC4CC(CC(C4)C2)C3)C1. The average molecular weight is 370 g/mol. The third kappa shape index (κ3) is 3.23. The maximum atomic E-state index is 13.0. The molecular weight excluding hydrogens is 338 g/mol. The van der Waals surface area contributed by atoms with E-state index in [0.29, 0.717) is 13.1 Å². The molecule has 7 heteroatoms. The van der Waals surface area contributed by atoms with Gasteiger partial charge in [0.1, 0.15) is 0 Å². The number of rotatable bonds is 4. The van der Waals surface area contributed by atoms with Crippen molar-refractivity contribution in [3.63, 3.8) is 0 Å². The normalized spacial score (nSPS) is 41.2. The second-order valence-corrected chi connectivity index (χ2v) is 11.3. The van der Waals surface area contributed by atoms with Gasteiger partial charge in [0.2, 0.25) is 5.91 Å². The van der Waals surface area contributed by atoms with Crippen LogP contribution in [0.3, 0.4) is 0 Å². The number of amides is 1. The summed E-state index contributed by atoms with van der Waals surface area (Å²) in [6.07, 6.45) is 9.02. The molecule has 1 aliphatic heterocycles. The lowest BCUT2D eigenvalue weighted by Crippen LogP contribution is -2.61. The Morgan fingerprint density at radius 1 is 1.08 bits per heavy atom. The van der Waals surface area contributed by atoms with E-state index in [4.69, 9.17) is 0 Å². The molecule has 25 heavy (non-hydrogen) atoms. The molecule has 0 aromatic rings. The molecule has 1 atom stereocenters. The smallest absolute Gasteiger partial charge is 0.281 e. The third-order valence-corrected chi connectivity index (χ3v) is 8.88. The minimum absolute atomic E-state index is 0.00847. The number of carbonyl (C=O) groups excluding carboxylic acids is 1. The van der Waals surface area contributed by atoms with Crippen molar-refractivity contribution in [2.75, 3.05) is 27.2 Å². The van der Waals surface area contributed by atoms with Crippen molar-refractivity contribution < 1.29 is 13.2 Å². The van der Waals surface area contributed by atoms with Gasteiger partial charge >= 0.3 is 0 Å². The maximum absolute atomic E-state index is 13.0. The topological polar surface area (TPSA) is 69.7 Å². The fourth-order valence-corrected chi connectivity index (χ4v) is 7.41. The molecule has 0 aromatic carbocycles. The molecule has 1 saturated heterocycles. The van der Waals surface area contributed by atoms with E-state index < -0.39 is 10.2 Å². The van der Waals surface area contributed by atoms with Crippen LogP contribution in [-0.2, 0) is 15.0 Å². The molecule has 0 spiro atoms. The van der Waals surface area contributed by atoms with Crippen LogP contribution in [0.2, 0.25) is 0 Å². The zero-order valence-corrected chi connectivity index (χ0v) is 16.2. The maximum Gasteiger partial charge on any atom is 0.281 e. The number of piperidine rings is 1. The van der Waals surface area contributed by atoms with Crippen LogP contribution in [0.25, 0.3) is 0 Å². The van der Waals surface area contributed by atoms with Crippen LogP contribution in [0.4, 0.5) is 0 Å². The summed E-state index contributed by atoms with van der Waals surface area (Å²) in [4.78, 5) is 13.0. The minimum atomic E-state index is -3.43. The number of hydrogen-bond donors (Lipinski definition) is 1. The zero-order valence-electron chi connectivity index (χ0n) is 15.4. The second-order valence-electron chi connectivity index (χ2n) is 9.17. The Morgan fingerprint density at radius 2 is 1.64 bits per heavy atom. The van der Waals surface area contributed by atoms with Crippen LogP contribution in [0.1, 0.15) is 51.4 Å². The lowest BCUT2D eigenvalue weighted by Gasteiger charge is -2.57. The summed E-state index contributed by atoms with van der Waals surface area (Å²) in [5, 5.41) is 3.42. The van der Waals surface area contributed by atoms with Gasteiger partial charge in [0.15, 0.2) is 0 Å². The molecule has 1 amide bonds. The van der Waals surface area contributed by atoms with Crippen molar-refractivity contribution in [3.05, 3.63) is 0 Å². The fourth-order valence-electron chi connectivity index (χ4n) is 6.22. The Labute approximate surface area is 151 Å². The Morgan fingerprint density at radius 3 is 2.16 bits per heavy atom. The van der Waals surface area contributed by atoms with E-state index in [2.05, 4.69) is 5.32 Å². The molecule has 0 unspecified atom stereocenters. The largest absolute Gasteiger partial charge is 0.350 e. The van der Waals surface area contributed by atoms with Gasteiger partial charge < -0.3 is 5.32 Å². The molecule has 0 aromatic heterocycles. The van der Waals surface area contributed by atoms with E-state index in [9.17, 15) is 13.2 Å². The molecule has 1 N–H and O–H groups in total. The van der Waals surface area contributed by atoms with Gasteiger partial charge in [-0.05, 0) is 69.1 Å². The molecule has 1 heterocycles. The Bertz CT molecular complexity index is 611. The number of hydrogen-bond acceptors (Lipinski definition) is 3. The molecule has 4 aliphatic carbocycles. The third-order valence-electron chi connectivity index (χ3n) is 6.97. The van der Waals surface area contributed by atoms with Crippen LogP contribution in [0.15, 0.2) is 0 Å². The van der Waals surface area contributed by atoms with E-state index in [1.807, 2.05) is 0 Å². The summed E-state index contributed by atoms with van der Waals surface area (Å²) in [5.41, 5.74) is 0.00847. The highest BCUT2D eigenvalue weighted by atomic mass is 32.2. The van der Waals surface area contributed by atoms with E-state index >= 15 is 0 Å². The van der Waals surface area contributed by atoms with Crippen LogP contribution in [0, 0.1) is 23.7 Å². The van der Waals surface area contributed by atoms with Crippen molar-refractivity contribution >= 4 is 16.1 Å². The van der Waals surface area contributed by atoms with Crippen molar-refractivity contribution in [1.29, 1.82) is 0 Å². The first-order valence-corrected chi connectivity index (χ1v) is 11.2. The molecular formula is C18H31N3O3S. The fraction of sp³-hybridized carbons (Fsp3) is 0.944. The zero-order chi connectivity index (χ0) is 17.8. The predicted octanol–water partition coefficient (Wildman–Crippen LogP) is 1.59. The standard InChI is InChI=1S/C18H31N3O3S/c1-20(2)25(23,24)21-5-3-4-16(12-21)17(22)19-18-9-13-6-14(10-18)8-15(7-13)11-18/h13-16H,3-12H2,1-2H3,(H,19,22)/t13?,14?,15?,16-,18?/m0/s1. The van der Waals surface area contributed by atoms with Crippen LogP contribution in [-0.4, -0.2) is 55.7 Å². The molecule has 142 valence electrons. The van der Waals surface area contributed by atoms with Crippen molar-refractivity contribution in [2.45, 2.75) is 56.9 Å². The van der Waals surface area contributed by atoms with E-state index in [0.717, 1.165) is 49.9 Å². The summed E-state index contributed by atoms with van der Waals surface area (Å²) in [6, 6.07) is 0. The average Bonchev–Trinajstić information content (AvgIpc) is 2.53. The van der Waals surface area contributed by atoms with Crippen LogP contribution in [0.5, 0.6) is 0 Å². The van der Waals surface area contributed by atoms with Crippen molar-refractivity contribution in [3.8, 4) is 0 Å². The van der Waals surface area contributed by atoms with E-state index in [1.165, 1.54) is 27.9 Å². The first kappa shape index (κ1) is 17.7. The summed E-state index contributed by atoms with van der Waals surface area (Å²) >= 11 is 0. The minimum Gasteiger partial charge on any atom is -0.350 e. The van der Waals surface area contributed by atoms with Gasteiger partial charge in [0.25, 0.3) is 10.2 Å². The lowest BCUT2D eigenvalue weighted by molar-refractivity contribution is -0.131. The van der Waals surface area contributed by atoms with Gasteiger partial charge in [0.05, 0.1) is 5.92 Å². The summed E-state index contributed by atoms with van der Waals surface area (Å²) < 4.78 is 27.5. The highest BCUT2D eigenvalue weighted by molar-refractivity contribution is 7.86. The van der Waals surface area contributed by atoms with E-state index in [1.54, 1.807) is 14.1 Å². The van der Waals surface area contributed by atoms with Crippen LogP contribution < -0.4 is 5.32 Å². The molecule has 5 fully saturated rings. The molecule has 4 bridgehead atoms. The van der Waals surface area contributed by atoms with Gasteiger partial charge in [-0.25, -0.2) is 0 Å². The van der Waals surface area contributed by atoms with Gasteiger partial charge in [-0.15, -0.1) is 0 Å². The number of nitrogens with one attached hydrogen (secondary N) is 1. The Kier molecular flexibility index (Phi) is 4.40. The van der Waals surface area contributed by atoms with Crippen LogP contribution >= 0.6 is 0 Å². The summed E-state index contributed by atoms with van der Waals surface area (Å²) in [7, 11) is -0.333. The number of carbonyl (C=O) groups is 1. The molecule has 0 radical (unpaired) electrons. The molecule has 4 saturated carbocycles. The highest BCUT2D eigenvalue weighted by Crippen LogP contribution is 2.55. The highest BCUT2D eigenvalue weighted by Gasteiger charge is 2.52. The summed E-state index contributed by atoms with van der Waals surface area (Å²) in [6.45, 7) is 0.834. The summed E-state index contributed by atoms with van der Waals surface area (Å²) in [5.74, 6) is 2.26. The Hall–Kier alpha value is -0.660. The van der Waals surface area contributed by atoms with Gasteiger partial charge in [-0.3, -0.25) is 4.79 Å². The molecule has 5 rings (SSSR count). The first-order chi connectivity index (χ1) is 11.8. The van der Waals surface area contributed by atoms with Crippen molar-refractivity contribution in [1.82, 2.24) is 13.9 Å². The first-order valence-electron chi connectivity index (χ1n) is 9.77. The quantitative estimate of drug-likeness (QED) is 0.818. The van der Waals surface area contributed by atoms with Gasteiger partial charge in [-0.2, -0.15) is 17.0 Å². The Balaban J connectivity index is 1.43. The van der Waals surface area contributed by atoms with Gasteiger partial charge in [-0.1, -0.05) is 0 Å². The van der Waals surface area contributed by atoms with Crippen molar-refractivity contribution in [2.24, 2.45) is 23.7 Å². The molecule has 6 nitrogen and oxygen atoms in total. The lowest BCUT2D eigenvalue weighted by atomic mass is 9.53. The monoisotopic (exact) mass is 369 g/mol. The second kappa shape index (κ2) is 6.20. The molecule has 5 aliphatic rings. The van der Waals surface area contributed by atoms with Gasteiger partial charge in [0, 0.05) is 32.7 Å². The number of nitrogens with zero attached hydrogens (tertiary/aromatic N) is 2.